The Hall–Kier alpha value is -1.13. The van der Waals surface area contributed by atoms with Crippen LogP contribution in [0.1, 0.15) is 19.4 Å². The molecule has 0 aliphatic heterocycles. The van der Waals surface area contributed by atoms with E-state index in [9.17, 15) is 0 Å². The monoisotopic (exact) mass is 265 g/mol. The van der Waals surface area contributed by atoms with Crippen molar-refractivity contribution < 1.29 is 9.15 Å². The number of nitrogens with two attached hydrogens (primary N) is 1. The molecule has 0 saturated carbocycles. The maximum Gasteiger partial charge on any atom is 0.147 e. The molecular weight excluding hydrogens is 246 g/mol. The van der Waals surface area contributed by atoms with Crippen LogP contribution in [-0.2, 0) is 6.42 Å². The summed E-state index contributed by atoms with van der Waals surface area (Å²) in [6, 6.07) is 4.05. The number of ether oxygens (including phenoxy) is 1. The standard InChI is InChI=1S/C14H19NO2S/c1-9(2)18-13-8-12(16-3)10(4-6-15)11-5-7-17-14(11)13/h5,7-9H,4,6,15H2,1-3H3. The summed E-state index contributed by atoms with van der Waals surface area (Å²) in [5.41, 5.74) is 7.75. The Bertz CT molecular complexity index is 534. The van der Waals surface area contributed by atoms with Crippen LogP contribution < -0.4 is 10.5 Å². The van der Waals surface area contributed by atoms with E-state index in [2.05, 4.69) is 19.9 Å². The molecule has 3 nitrogen and oxygen atoms in total. The Morgan fingerprint density at radius 3 is 2.83 bits per heavy atom. The van der Waals surface area contributed by atoms with Gasteiger partial charge in [-0.3, -0.25) is 0 Å². The lowest BCUT2D eigenvalue weighted by atomic mass is 10.1. The molecule has 1 aromatic carbocycles. The third-order valence-electron chi connectivity index (χ3n) is 2.75. The Balaban J connectivity index is 2.60. The highest BCUT2D eigenvalue weighted by Crippen LogP contribution is 2.38. The van der Waals surface area contributed by atoms with E-state index in [-0.39, 0.29) is 0 Å². The lowest BCUT2D eigenvalue weighted by Crippen LogP contribution is -2.05. The van der Waals surface area contributed by atoms with Crippen LogP contribution in [-0.4, -0.2) is 18.9 Å². The Labute approximate surface area is 112 Å². The molecule has 1 aromatic heterocycles. The van der Waals surface area contributed by atoms with Crippen molar-refractivity contribution in [3.8, 4) is 5.75 Å². The quantitative estimate of drug-likeness (QED) is 0.841. The molecule has 4 heteroatoms. The first kappa shape index (κ1) is 13.3. The summed E-state index contributed by atoms with van der Waals surface area (Å²) in [5, 5.41) is 1.62. The van der Waals surface area contributed by atoms with Gasteiger partial charge in [0.1, 0.15) is 11.3 Å². The zero-order valence-electron chi connectivity index (χ0n) is 11.0. The number of hydrogen-bond donors (Lipinski definition) is 1. The fraction of sp³-hybridized carbons (Fsp3) is 0.429. The maximum atomic E-state index is 5.67. The summed E-state index contributed by atoms with van der Waals surface area (Å²) in [5.74, 6) is 0.900. The number of thioether (sulfide) groups is 1. The van der Waals surface area contributed by atoms with E-state index in [0.717, 1.165) is 33.6 Å². The Morgan fingerprint density at radius 1 is 1.44 bits per heavy atom. The maximum absolute atomic E-state index is 5.67. The van der Waals surface area contributed by atoms with Gasteiger partial charge in [0.05, 0.1) is 18.3 Å². The van der Waals surface area contributed by atoms with Gasteiger partial charge in [-0.05, 0) is 25.1 Å². The van der Waals surface area contributed by atoms with Crippen LogP contribution in [0.3, 0.4) is 0 Å². The number of furan rings is 1. The SMILES string of the molecule is COc1cc(SC(C)C)c2occc2c1CCN. The second-order valence-electron chi connectivity index (χ2n) is 4.42. The summed E-state index contributed by atoms with van der Waals surface area (Å²) in [6.07, 6.45) is 2.53. The van der Waals surface area contributed by atoms with Crippen LogP contribution >= 0.6 is 11.8 Å². The van der Waals surface area contributed by atoms with Crippen molar-refractivity contribution in [2.24, 2.45) is 5.73 Å². The molecule has 2 N–H and O–H groups in total. The third-order valence-corrected chi connectivity index (χ3v) is 3.78. The summed E-state index contributed by atoms with van der Waals surface area (Å²) < 4.78 is 11.1. The first-order valence-corrected chi connectivity index (χ1v) is 6.99. The van der Waals surface area contributed by atoms with Gasteiger partial charge in [0, 0.05) is 16.2 Å². The molecule has 0 spiro atoms. The van der Waals surface area contributed by atoms with E-state index in [4.69, 9.17) is 14.9 Å². The molecule has 0 unspecified atom stereocenters. The molecule has 0 fully saturated rings. The highest BCUT2D eigenvalue weighted by atomic mass is 32.2. The van der Waals surface area contributed by atoms with Gasteiger partial charge < -0.3 is 14.9 Å². The second-order valence-corrected chi connectivity index (χ2v) is 6.04. The van der Waals surface area contributed by atoms with Gasteiger partial charge in [-0.15, -0.1) is 11.8 Å². The molecule has 18 heavy (non-hydrogen) atoms. The Kier molecular flexibility index (Phi) is 4.19. The van der Waals surface area contributed by atoms with E-state index < -0.39 is 0 Å². The van der Waals surface area contributed by atoms with E-state index >= 15 is 0 Å². The number of methoxy groups -OCH3 is 1. The fourth-order valence-electron chi connectivity index (χ4n) is 2.07. The topological polar surface area (TPSA) is 48.4 Å². The van der Waals surface area contributed by atoms with Crippen molar-refractivity contribution in [2.75, 3.05) is 13.7 Å². The lowest BCUT2D eigenvalue weighted by molar-refractivity contribution is 0.409. The first-order chi connectivity index (χ1) is 8.67. The smallest absolute Gasteiger partial charge is 0.147 e. The predicted octanol–water partition coefficient (Wildman–Crippen LogP) is 3.44. The molecule has 0 aliphatic carbocycles. The third kappa shape index (κ3) is 2.49. The number of fused-ring (bicyclic) bond motifs is 1. The predicted molar refractivity (Wildman–Crippen MR) is 76.5 cm³/mol. The van der Waals surface area contributed by atoms with Gasteiger partial charge in [0.2, 0.25) is 0 Å². The molecule has 0 aliphatic rings. The van der Waals surface area contributed by atoms with Gasteiger partial charge in [-0.25, -0.2) is 0 Å². The van der Waals surface area contributed by atoms with Crippen LogP contribution in [0, 0.1) is 0 Å². The van der Waals surface area contributed by atoms with E-state index in [1.165, 1.54) is 0 Å². The average Bonchev–Trinajstić information content (AvgIpc) is 2.80. The summed E-state index contributed by atoms with van der Waals surface area (Å²) in [4.78, 5) is 1.13. The summed E-state index contributed by atoms with van der Waals surface area (Å²) in [7, 11) is 1.70. The van der Waals surface area contributed by atoms with Gasteiger partial charge in [-0.1, -0.05) is 13.8 Å². The van der Waals surface area contributed by atoms with E-state index in [1.54, 1.807) is 25.1 Å². The molecule has 1 heterocycles. The van der Waals surface area contributed by atoms with Crippen molar-refractivity contribution >= 4 is 22.7 Å². The number of hydrogen-bond acceptors (Lipinski definition) is 4. The molecular formula is C14H19NO2S. The minimum atomic E-state index is 0.503. The average molecular weight is 265 g/mol. The van der Waals surface area contributed by atoms with Crippen LogP contribution in [0.25, 0.3) is 11.0 Å². The van der Waals surface area contributed by atoms with Crippen molar-refractivity contribution in [1.82, 2.24) is 0 Å². The summed E-state index contributed by atoms with van der Waals surface area (Å²) in [6.45, 7) is 4.94. The van der Waals surface area contributed by atoms with Crippen molar-refractivity contribution in [3.63, 3.8) is 0 Å². The van der Waals surface area contributed by atoms with Gasteiger partial charge in [-0.2, -0.15) is 0 Å². The fourth-order valence-corrected chi connectivity index (χ4v) is 3.02. The molecule has 0 radical (unpaired) electrons. The first-order valence-electron chi connectivity index (χ1n) is 6.11. The second kappa shape index (κ2) is 5.67. The van der Waals surface area contributed by atoms with Crippen LogP contribution in [0.5, 0.6) is 5.75 Å². The van der Waals surface area contributed by atoms with Crippen LogP contribution in [0.15, 0.2) is 27.7 Å². The Morgan fingerprint density at radius 2 is 2.22 bits per heavy atom. The van der Waals surface area contributed by atoms with Crippen LogP contribution in [0.4, 0.5) is 0 Å². The normalized spacial score (nSPS) is 11.4. The molecule has 2 aromatic rings. The van der Waals surface area contributed by atoms with Crippen molar-refractivity contribution in [1.29, 1.82) is 0 Å². The van der Waals surface area contributed by atoms with Gasteiger partial charge in [0.15, 0.2) is 0 Å². The van der Waals surface area contributed by atoms with Crippen molar-refractivity contribution in [2.45, 2.75) is 30.4 Å². The van der Waals surface area contributed by atoms with Gasteiger partial charge in [0.25, 0.3) is 0 Å². The molecule has 2 rings (SSSR count). The lowest BCUT2D eigenvalue weighted by Gasteiger charge is -2.13. The van der Waals surface area contributed by atoms with Crippen LogP contribution in [0.2, 0.25) is 0 Å². The molecule has 0 bridgehead atoms. The highest BCUT2D eigenvalue weighted by molar-refractivity contribution is 8.00. The molecule has 98 valence electrons. The van der Waals surface area contributed by atoms with Crippen molar-refractivity contribution in [3.05, 3.63) is 24.0 Å². The zero-order chi connectivity index (χ0) is 13.1. The molecule has 0 saturated heterocycles. The van der Waals surface area contributed by atoms with E-state index in [0.29, 0.717) is 11.8 Å². The van der Waals surface area contributed by atoms with E-state index in [1.807, 2.05) is 6.07 Å². The minimum absolute atomic E-state index is 0.503. The number of rotatable bonds is 5. The summed E-state index contributed by atoms with van der Waals surface area (Å²) >= 11 is 1.78. The largest absolute Gasteiger partial charge is 0.496 e. The van der Waals surface area contributed by atoms with Gasteiger partial charge >= 0.3 is 0 Å². The number of benzene rings is 1. The minimum Gasteiger partial charge on any atom is -0.496 e. The molecule has 0 atom stereocenters. The highest BCUT2D eigenvalue weighted by Gasteiger charge is 2.15. The molecule has 0 amide bonds. The zero-order valence-corrected chi connectivity index (χ0v) is 11.8.